The highest BCUT2D eigenvalue weighted by atomic mass is 127. The van der Waals surface area contributed by atoms with Gasteiger partial charge in [0.25, 0.3) is 0 Å². The minimum absolute atomic E-state index is 0. The van der Waals surface area contributed by atoms with Crippen molar-refractivity contribution in [3.8, 4) is 5.75 Å². The van der Waals surface area contributed by atoms with Crippen molar-refractivity contribution in [1.29, 1.82) is 0 Å². The van der Waals surface area contributed by atoms with Gasteiger partial charge in [0.2, 0.25) is 10.0 Å². The maximum absolute atomic E-state index is 12.1. The van der Waals surface area contributed by atoms with Crippen molar-refractivity contribution in [2.45, 2.75) is 13.5 Å². The molecule has 0 aromatic heterocycles. The Bertz CT molecular complexity index is 844. The zero-order chi connectivity index (χ0) is 20.2. The molecule has 0 saturated heterocycles. The molecule has 0 unspecified atom stereocenters. The number of rotatable bonds is 10. The Labute approximate surface area is 190 Å². The molecule has 0 amide bonds. The molecule has 2 aromatic rings. The number of aliphatic imine (C=N–C) groups is 1. The molecule has 2 aromatic carbocycles. The first-order valence-electron chi connectivity index (χ1n) is 9.14. The van der Waals surface area contributed by atoms with Crippen molar-refractivity contribution in [1.82, 2.24) is 15.4 Å². The van der Waals surface area contributed by atoms with Crippen LogP contribution < -0.4 is 20.1 Å². The molecule has 0 saturated carbocycles. The third-order valence-electron chi connectivity index (χ3n) is 3.91. The van der Waals surface area contributed by atoms with E-state index < -0.39 is 10.0 Å². The van der Waals surface area contributed by atoms with E-state index in [1.807, 2.05) is 61.5 Å². The van der Waals surface area contributed by atoms with Gasteiger partial charge in [0.15, 0.2) is 5.96 Å². The zero-order valence-electron chi connectivity index (χ0n) is 16.7. The van der Waals surface area contributed by atoms with E-state index in [0.717, 1.165) is 11.3 Å². The number of sulfonamides is 1. The van der Waals surface area contributed by atoms with Crippen LogP contribution in [0.5, 0.6) is 5.75 Å². The summed E-state index contributed by atoms with van der Waals surface area (Å²) in [6.07, 6.45) is 0. The number of hydrogen-bond donors (Lipinski definition) is 3. The van der Waals surface area contributed by atoms with Crippen molar-refractivity contribution >= 4 is 40.0 Å². The van der Waals surface area contributed by atoms with Gasteiger partial charge >= 0.3 is 0 Å². The molecule has 0 spiro atoms. The summed E-state index contributed by atoms with van der Waals surface area (Å²) in [5.74, 6) is 1.30. The largest absolute Gasteiger partial charge is 0.492 e. The summed E-state index contributed by atoms with van der Waals surface area (Å²) >= 11 is 0. The van der Waals surface area contributed by atoms with Gasteiger partial charge in [-0.2, -0.15) is 0 Å². The van der Waals surface area contributed by atoms with Crippen LogP contribution in [0.4, 0.5) is 0 Å². The lowest BCUT2D eigenvalue weighted by atomic mass is 10.2. The number of nitrogens with one attached hydrogen (secondary N) is 3. The molecule has 0 radical (unpaired) electrons. The van der Waals surface area contributed by atoms with Gasteiger partial charge in [0, 0.05) is 20.1 Å². The summed E-state index contributed by atoms with van der Waals surface area (Å²) in [4.78, 5) is 4.08. The maximum atomic E-state index is 12.1. The average Bonchev–Trinajstić information content (AvgIpc) is 2.70. The summed E-state index contributed by atoms with van der Waals surface area (Å²) in [6, 6.07) is 17.3. The Morgan fingerprint density at radius 2 is 1.66 bits per heavy atom. The summed E-state index contributed by atoms with van der Waals surface area (Å²) in [6.45, 7) is 3.58. The van der Waals surface area contributed by atoms with Crippen molar-refractivity contribution in [3.05, 3.63) is 65.7 Å². The number of hydrogen-bond acceptors (Lipinski definition) is 4. The second kappa shape index (κ2) is 13.4. The van der Waals surface area contributed by atoms with Crippen molar-refractivity contribution < 1.29 is 13.2 Å². The highest BCUT2D eigenvalue weighted by molar-refractivity contribution is 14.0. The van der Waals surface area contributed by atoms with Gasteiger partial charge in [-0.3, -0.25) is 4.99 Å². The van der Waals surface area contributed by atoms with E-state index >= 15 is 0 Å². The number of ether oxygens (including phenoxy) is 1. The Hall–Kier alpha value is -1.85. The molecule has 29 heavy (non-hydrogen) atoms. The Kier molecular flexibility index (Phi) is 11.6. The standard InChI is InChI=1S/C20H28N4O3S.HI/c1-17-8-10-19(11-9-17)27-14-12-22-20(21-2)23-13-15-28(25,26)24-16-18-6-4-3-5-7-18;/h3-11,24H,12-16H2,1-2H3,(H2,21,22,23);1H. The first-order valence-corrected chi connectivity index (χ1v) is 10.8. The lowest BCUT2D eigenvalue weighted by Crippen LogP contribution is -2.42. The molecular formula is C20H29IN4O3S. The number of nitrogens with zero attached hydrogens (tertiary/aromatic N) is 1. The molecule has 2 rings (SSSR count). The predicted octanol–water partition coefficient (Wildman–Crippen LogP) is 2.28. The van der Waals surface area contributed by atoms with Gasteiger partial charge in [-0.1, -0.05) is 48.0 Å². The Morgan fingerprint density at radius 1 is 1.00 bits per heavy atom. The fourth-order valence-electron chi connectivity index (χ4n) is 2.36. The second-order valence-electron chi connectivity index (χ2n) is 6.21. The molecule has 160 valence electrons. The molecule has 0 aliphatic carbocycles. The summed E-state index contributed by atoms with van der Waals surface area (Å²) < 4.78 is 32.4. The molecule has 3 N–H and O–H groups in total. The molecule has 0 atom stereocenters. The molecule has 0 aliphatic heterocycles. The quantitative estimate of drug-likeness (QED) is 0.189. The highest BCUT2D eigenvalue weighted by Gasteiger charge is 2.10. The second-order valence-corrected chi connectivity index (χ2v) is 8.14. The van der Waals surface area contributed by atoms with Crippen molar-refractivity contribution in [2.75, 3.05) is 32.5 Å². The molecule has 0 fully saturated rings. The maximum Gasteiger partial charge on any atom is 0.213 e. The minimum Gasteiger partial charge on any atom is -0.492 e. The van der Waals surface area contributed by atoms with Crippen LogP contribution in [0.3, 0.4) is 0 Å². The van der Waals surface area contributed by atoms with Crippen molar-refractivity contribution in [3.63, 3.8) is 0 Å². The van der Waals surface area contributed by atoms with Gasteiger partial charge in [-0.05, 0) is 24.6 Å². The lowest BCUT2D eigenvalue weighted by molar-refractivity contribution is 0.322. The van der Waals surface area contributed by atoms with Gasteiger partial charge in [-0.15, -0.1) is 24.0 Å². The SMILES string of the molecule is CN=C(NCCOc1ccc(C)cc1)NCCS(=O)(=O)NCc1ccccc1.I. The molecule has 7 nitrogen and oxygen atoms in total. The van der Waals surface area contributed by atoms with Crippen LogP contribution in [0, 0.1) is 6.92 Å². The number of guanidine groups is 1. The van der Waals surface area contributed by atoms with E-state index in [-0.39, 0.29) is 42.8 Å². The van der Waals surface area contributed by atoms with Crippen LogP contribution in [-0.2, 0) is 16.6 Å². The fourth-order valence-corrected chi connectivity index (χ4v) is 3.26. The Balaban J connectivity index is 0.00000420. The van der Waals surface area contributed by atoms with Crippen LogP contribution in [0.2, 0.25) is 0 Å². The van der Waals surface area contributed by atoms with E-state index in [1.54, 1.807) is 7.05 Å². The normalized spacial score (nSPS) is 11.4. The topological polar surface area (TPSA) is 91.8 Å². The van der Waals surface area contributed by atoms with Crippen LogP contribution in [0.15, 0.2) is 59.6 Å². The third kappa shape index (κ3) is 10.5. The van der Waals surface area contributed by atoms with E-state index in [9.17, 15) is 8.42 Å². The molecule has 0 aliphatic rings. The number of halogens is 1. The smallest absolute Gasteiger partial charge is 0.213 e. The van der Waals surface area contributed by atoms with Gasteiger partial charge in [0.05, 0.1) is 12.3 Å². The number of benzene rings is 2. The van der Waals surface area contributed by atoms with Crippen molar-refractivity contribution in [2.24, 2.45) is 4.99 Å². The van der Waals surface area contributed by atoms with Crippen LogP contribution in [-0.4, -0.2) is 46.9 Å². The van der Waals surface area contributed by atoms with E-state index in [1.165, 1.54) is 5.56 Å². The summed E-state index contributed by atoms with van der Waals surface area (Å²) in [5, 5.41) is 6.09. The van der Waals surface area contributed by atoms with Gasteiger partial charge < -0.3 is 15.4 Å². The zero-order valence-corrected chi connectivity index (χ0v) is 19.9. The van der Waals surface area contributed by atoms with E-state index in [4.69, 9.17) is 4.74 Å². The molecule has 0 heterocycles. The average molecular weight is 532 g/mol. The predicted molar refractivity (Wildman–Crippen MR) is 129 cm³/mol. The molecule has 9 heteroatoms. The van der Waals surface area contributed by atoms with E-state index in [2.05, 4.69) is 20.3 Å². The molecular weight excluding hydrogens is 503 g/mol. The summed E-state index contributed by atoms with van der Waals surface area (Å²) in [5.41, 5.74) is 2.10. The monoisotopic (exact) mass is 532 g/mol. The Morgan fingerprint density at radius 3 is 2.31 bits per heavy atom. The third-order valence-corrected chi connectivity index (χ3v) is 5.24. The van der Waals surface area contributed by atoms with E-state index in [0.29, 0.717) is 19.1 Å². The lowest BCUT2D eigenvalue weighted by Gasteiger charge is -2.13. The highest BCUT2D eigenvalue weighted by Crippen LogP contribution is 2.10. The first kappa shape index (κ1) is 25.2. The van der Waals surface area contributed by atoms with Crippen LogP contribution in [0.25, 0.3) is 0 Å². The first-order chi connectivity index (χ1) is 13.5. The summed E-state index contributed by atoms with van der Waals surface area (Å²) in [7, 11) is -1.73. The number of aryl methyl sites for hydroxylation is 1. The minimum atomic E-state index is -3.37. The fraction of sp³-hybridized carbons (Fsp3) is 0.350. The molecule has 0 bridgehead atoms. The van der Waals surface area contributed by atoms with Gasteiger partial charge in [0.1, 0.15) is 12.4 Å². The van der Waals surface area contributed by atoms with Crippen LogP contribution in [0.1, 0.15) is 11.1 Å². The van der Waals surface area contributed by atoms with Gasteiger partial charge in [-0.25, -0.2) is 13.1 Å². The van der Waals surface area contributed by atoms with Crippen LogP contribution >= 0.6 is 24.0 Å².